The zero-order chi connectivity index (χ0) is 15.3. The number of hydrogen-bond donors (Lipinski definition) is 2. The van der Waals surface area contributed by atoms with E-state index in [1.807, 2.05) is 12.3 Å². The molecule has 3 heterocycles. The average molecular weight is 389 g/mol. The monoisotopic (exact) mass is 388 g/mol. The number of halogens is 2. The van der Waals surface area contributed by atoms with Gasteiger partial charge in [0.1, 0.15) is 17.4 Å². The Labute approximate surface area is 157 Å². The Bertz CT molecular complexity index is 824. The number of aliphatic hydroxyl groups is 1. The highest BCUT2D eigenvalue weighted by molar-refractivity contribution is 7.18. The van der Waals surface area contributed by atoms with E-state index >= 15 is 0 Å². The maximum atomic E-state index is 10.2. The molecule has 3 aromatic heterocycles. The second-order valence-corrected chi connectivity index (χ2v) is 7.13. The maximum absolute atomic E-state index is 10.2. The van der Waals surface area contributed by atoms with Crippen molar-refractivity contribution in [2.45, 2.75) is 50.8 Å². The van der Waals surface area contributed by atoms with Crippen LogP contribution in [0.1, 0.15) is 50.6 Å². The third kappa shape index (κ3) is 3.13. The Morgan fingerprint density at radius 1 is 1.25 bits per heavy atom. The highest BCUT2D eigenvalue weighted by Crippen LogP contribution is 2.37. The topological polar surface area (TPSA) is 77.0 Å². The lowest BCUT2D eigenvalue weighted by molar-refractivity contribution is 0.177. The molecule has 0 saturated heterocycles. The van der Waals surface area contributed by atoms with Crippen LogP contribution in [0.15, 0.2) is 17.6 Å². The molecule has 1 aliphatic rings. The fourth-order valence-electron chi connectivity index (χ4n) is 3.52. The minimum absolute atomic E-state index is 0. The number of aromatic nitrogens is 3. The van der Waals surface area contributed by atoms with Crippen molar-refractivity contribution in [3.05, 3.63) is 23.5 Å². The van der Waals surface area contributed by atoms with Crippen LogP contribution < -0.4 is 5.73 Å². The molecule has 4 rings (SSSR count). The van der Waals surface area contributed by atoms with E-state index in [0.29, 0.717) is 12.1 Å². The highest BCUT2D eigenvalue weighted by Gasteiger charge is 2.27. The summed E-state index contributed by atoms with van der Waals surface area (Å²) in [5, 5.41) is 12.2. The first-order valence-corrected chi connectivity index (χ1v) is 8.71. The third-order valence-corrected chi connectivity index (χ3v) is 5.54. The summed E-state index contributed by atoms with van der Waals surface area (Å²) in [7, 11) is 0. The molecule has 0 aliphatic heterocycles. The summed E-state index contributed by atoms with van der Waals surface area (Å²) in [5.74, 6) is 0.748. The van der Waals surface area contributed by atoms with Crippen molar-refractivity contribution in [1.29, 1.82) is 0 Å². The van der Waals surface area contributed by atoms with Crippen molar-refractivity contribution in [3.63, 3.8) is 0 Å². The van der Waals surface area contributed by atoms with Gasteiger partial charge in [-0.15, -0.1) is 36.2 Å². The van der Waals surface area contributed by atoms with Crippen LogP contribution in [0.25, 0.3) is 21.3 Å². The summed E-state index contributed by atoms with van der Waals surface area (Å²) < 4.78 is 3.42. The van der Waals surface area contributed by atoms with Gasteiger partial charge in [-0.25, -0.2) is 4.98 Å². The number of thiophene rings is 1. The number of fused-ring (bicyclic) bond motifs is 3. The molecule has 1 saturated carbocycles. The van der Waals surface area contributed by atoms with Gasteiger partial charge in [-0.3, -0.25) is 4.98 Å². The largest absolute Gasteiger partial charge is 0.385 e. The summed E-state index contributed by atoms with van der Waals surface area (Å²) in [6.07, 6.45) is 5.38. The van der Waals surface area contributed by atoms with Crippen LogP contribution >= 0.6 is 36.2 Å². The van der Waals surface area contributed by atoms with Crippen LogP contribution in [-0.4, -0.2) is 25.7 Å². The number of pyridine rings is 1. The molecular formula is C16H22Cl2N4OS. The van der Waals surface area contributed by atoms with Gasteiger partial charge in [0.15, 0.2) is 0 Å². The van der Waals surface area contributed by atoms with Crippen molar-refractivity contribution in [2.24, 2.45) is 5.73 Å². The number of aliphatic hydroxyl groups excluding tert-OH is 1. The molecule has 24 heavy (non-hydrogen) atoms. The Kier molecular flexibility index (Phi) is 6.09. The Morgan fingerprint density at radius 2 is 1.96 bits per heavy atom. The molecule has 5 nitrogen and oxygen atoms in total. The molecule has 0 radical (unpaired) electrons. The first kappa shape index (κ1) is 19.4. The molecule has 1 aliphatic carbocycles. The lowest BCUT2D eigenvalue weighted by Gasteiger charge is -2.29. The highest BCUT2D eigenvalue weighted by atomic mass is 35.5. The average Bonchev–Trinajstić information content (AvgIpc) is 3.11. The fraction of sp³-hybridized carbons (Fsp3) is 0.500. The van der Waals surface area contributed by atoms with Crippen LogP contribution in [0.2, 0.25) is 0 Å². The SMILES string of the molecule is CC(O)c1nc2cnc3ccsc3c2n1C1CCC(N)CC1.Cl.Cl. The van der Waals surface area contributed by atoms with E-state index < -0.39 is 6.10 Å². The molecule has 132 valence electrons. The second kappa shape index (κ2) is 7.54. The molecule has 8 heteroatoms. The van der Waals surface area contributed by atoms with E-state index in [1.54, 1.807) is 18.3 Å². The van der Waals surface area contributed by atoms with Crippen LogP contribution in [-0.2, 0) is 0 Å². The zero-order valence-electron chi connectivity index (χ0n) is 13.4. The van der Waals surface area contributed by atoms with Crippen LogP contribution in [0.5, 0.6) is 0 Å². The van der Waals surface area contributed by atoms with E-state index in [-0.39, 0.29) is 24.8 Å². The van der Waals surface area contributed by atoms with Crippen molar-refractivity contribution in [1.82, 2.24) is 14.5 Å². The first-order valence-electron chi connectivity index (χ1n) is 7.83. The standard InChI is InChI=1S/C16H20N4OS.2ClH/c1-9(21)16-19-13-8-18-12-6-7-22-15(12)14(13)20(16)11-4-2-10(17)3-5-11;;/h6-11,21H,2-5,17H2,1H3;2*1H. The van der Waals surface area contributed by atoms with Crippen molar-refractivity contribution in [2.75, 3.05) is 0 Å². The van der Waals surface area contributed by atoms with Gasteiger partial charge < -0.3 is 15.4 Å². The first-order chi connectivity index (χ1) is 10.6. The van der Waals surface area contributed by atoms with Crippen LogP contribution in [0.3, 0.4) is 0 Å². The molecular weight excluding hydrogens is 367 g/mol. The van der Waals surface area contributed by atoms with Crippen molar-refractivity contribution in [3.8, 4) is 0 Å². The molecule has 1 unspecified atom stereocenters. The predicted molar refractivity (Wildman–Crippen MR) is 104 cm³/mol. The third-order valence-electron chi connectivity index (χ3n) is 4.63. The normalized spacial score (nSPS) is 22.1. The summed E-state index contributed by atoms with van der Waals surface area (Å²) in [6.45, 7) is 1.78. The summed E-state index contributed by atoms with van der Waals surface area (Å²) in [6, 6.07) is 2.71. The molecule has 0 amide bonds. The fourth-order valence-corrected chi connectivity index (χ4v) is 4.41. The number of hydrogen-bond acceptors (Lipinski definition) is 5. The van der Waals surface area contributed by atoms with Gasteiger partial charge in [-0.05, 0) is 44.1 Å². The molecule has 0 spiro atoms. The van der Waals surface area contributed by atoms with E-state index in [1.165, 1.54) is 0 Å². The minimum Gasteiger partial charge on any atom is -0.385 e. The van der Waals surface area contributed by atoms with E-state index in [2.05, 4.69) is 19.9 Å². The molecule has 3 aromatic rings. The second-order valence-electron chi connectivity index (χ2n) is 6.21. The smallest absolute Gasteiger partial charge is 0.138 e. The molecule has 1 atom stereocenters. The molecule has 0 aromatic carbocycles. The number of nitrogens with zero attached hydrogens (tertiary/aromatic N) is 3. The van der Waals surface area contributed by atoms with Gasteiger partial charge in [0.25, 0.3) is 0 Å². The van der Waals surface area contributed by atoms with Gasteiger partial charge in [0.05, 0.1) is 21.9 Å². The van der Waals surface area contributed by atoms with Crippen LogP contribution in [0.4, 0.5) is 0 Å². The van der Waals surface area contributed by atoms with Crippen molar-refractivity contribution < 1.29 is 5.11 Å². The lowest BCUT2D eigenvalue weighted by Crippen LogP contribution is -2.28. The van der Waals surface area contributed by atoms with Crippen molar-refractivity contribution >= 4 is 57.4 Å². The number of rotatable bonds is 2. The van der Waals surface area contributed by atoms with Gasteiger partial charge in [-0.1, -0.05) is 0 Å². The van der Waals surface area contributed by atoms with E-state index in [0.717, 1.165) is 52.8 Å². The number of nitrogens with two attached hydrogens (primary N) is 1. The lowest BCUT2D eigenvalue weighted by atomic mass is 9.91. The Hall–Kier alpha value is -0.920. The summed E-state index contributed by atoms with van der Waals surface area (Å²) in [5.41, 5.74) is 9.05. The van der Waals surface area contributed by atoms with Gasteiger partial charge in [0, 0.05) is 12.1 Å². The number of imidazole rings is 1. The van der Waals surface area contributed by atoms with Gasteiger partial charge in [-0.2, -0.15) is 0 Å². The summed E-state index contributed by atoms with van der Waals surface area (Å²) in [4.78, 5) is 9.14. The zero-order valence-corrected chi connectivity index (χ0v) is 15.8. The van der Waals surface area contributed by atoms with Gasteiger partial charge >= 0.3 is 0 Å². The predicted octanol–water partition coefficient (Wildman–Crippen LogP) is 3.99. The Balaban J connectivity index is 0.00000104. The molecule has 3 N–H and O–H groups in total. The van der Waals surface area contributed by atoms with E-state index in [4.69, 9.17) is 5.73 Å². The molecule has 1 fully saturated rings. The van der Waals surface area contributed by atoms with Gasteiger partial charge in [0.2, 0.25) is 0 Å². The Morgan fingerprint density at radius 3 is 2.62 bits per heavy atom. The summed E-state index contributed by atoms with van der Waals surface area (Å²) >= 11 is 1.69. The minimum atomic E-state index is -0.585. The molecule has 0 bridgehead atoms. The van der Waals surface area contributed by atoms with E-state index in [9.17, 15) is 5.11 Å². The van der Waals surface area contributed by atoms with Crippen LogP contribution in [0, 0.1) is 0 Å². The quantitative estimate of drug-likeness (QED) is 0.695. The maximum Gasteiger partial charge on any atom is 0.138 e.